The molecule has 2 aliphatic rings. The molecular formula is C14H23NO4. The van der Waals surface area contributed by atoms with Gasteiger partial charge in [0, 0.05) is 12.6 Å². The number of nitrogens with zero attached hydrogens (tertiary/aromatic N) is 1. The number of hydrogen-bond donors (Lipinski definition) is 0. The van der Waals surface area contributed by atoms with Crippen molar-refractivity contribution < 1.29 is 19.1 Å². The van der Waals surface area contributed by atoms with Crippen LogP contribution in [0.2, 0.25) is 0 Å². The van der Waals surface area contributed by atoms with Gasteiger partial charge in [0.15, 0.2) is 0 Å². The van der Waals surface area contributed by atoms with Crippen molar-refractivity contribution in [3.8, 4) is 0 Å². The number of amides is 1. The van der Waals surface area contributed by atoms with Crippen LogP contribution < -0.4 is 0 Å². The Kier molecular flexibility index (Phi) is 3.74. The summed E-state index contributed by atoms with van der Waals surface area (Å²) in [6, 6.07) is -0.0427. The fourth-order valence-electron chi connectivity index (χ4n) is 3.12. The standard InChI is InChI=1S/C14H23NO4/c1-5-18-12(16)11-9-6-7-10(11)15(8-9)13(17)19-14(2,3)4/h9-11H,5-8H2,1-4H3/t9-,10-,11-/m0/s1. The minimum Gasteiger partial charge on any atom is -0.466 e. The number of carbonyl (C=O) groups excluding carboxylic acids is 2. The van der Waals surface area contributed by atoms with Crippen LogP contribution in [0.5, 0.6) is 0 Å². The molecule has 3 atom stereocenters. The molecule has 5 nitrogen and oxygen atoms in total. The first-order chi connectivity index (χ1) is 8.83. The Morgan fingerprint density at radius 2 is 1.95 bits per heavy atom. The third-order valence-electron chi connectivity index (χ3n) is 3.77. The van der Waals surface area contributed by atoms with Crippen LogP contribution >= 0.6 is 0 Å². The van der Waals surface area contributed by atoms with Gasteiger partial charge >= 0.3 is 12.1 Å². The van der Waals surface area contributed by atoms with Gasteiger partial charge in [0.1, 0.15) is 5.60 Å². The molecule has 0 aromatic carbocycles. The van der Waals surface area contributed by atoms with Gasteiger partial charge in [-0.05, 0) is 46.5 Å². The van der Waals surface area contributed by atoms with Crippen molar-refractivity contribution in [2.45, 2.75) is 52.2 Å². The first-order valence-corrected chi connectivity index (χ1v) is 6.99. The lowest BCUT2D eigenvalue weighted by Crippen LogP contribution is -2.42. The number of hydrogen-bond acceptors (Lipinski definition) is 4. The summed E-state index contributed by atoms with van der Waals surface area (Å²) in [7, 11) is 0. The summed E-state index contributed by atoms with van der Waals surface area (Å²) < 4.78 is 10.5. The van der Waals surface area contributed by atoms with Gasteiger partial charge in [-0.15, -0.1) is 0 Å². The molecule has 0 N–H and O–H groups in total. The van der Waals surface area contributed by atoms with E-state index < -0.39 is 5.60 Å². The molecule has 1 saturated carbocycles. The van der Waals surface area contributed by atoms with E-state index in [1.54, 1.807) is 11.8 Å². The van der Waals surface area contributed by atoms with Crippen LogP contribution in [0.3, 0.4) is 0 Å². The van der Waals surface area contributed by atoms with Crippen molar-refractivity contribution in [1.82, 2.24) is 4.90 Å². The van der Waals surface area contributed by atoms with Gasteiger partial charge in [-0.2, -0.15) is 0 Å². The summed E-state index contributed by atoms with van der Waals surface area (Å²) >= 11 is 0. The van der Waals surface area contributed by atoms with E-state index in [1.165, 1.54) is 0 Å². The lowest BCUT2D eigenvalue weighted by molar-refractivity contribution is -0.149. The summed E-state index contributed by atoms with van der Waals surface area (Å²) in [5.74, 6) is -0.0925. The molecular weight excluding hydrogens is 246 g/mol. The van der Waals surface area contributed by atoms with E-state index >= 15 is 0 Å². The molecule has 0 aromatic heterocycles. The Bertz CT molecular complexity index is 374. The third kappa shape index (κ3) is 2.85. The number of fused-ring (bicyclic) bond motifs is 2. The zero-order chi connectivity index (χ0) is 14.2. The van der Waals surface area contributed by atoms with Crippen molar-refractivity contribution in [2.24, 2.45) is 11.8 Å². The number of esters is 1. The molecule has 0 unspecified atom stereocenters. The molecule has 1 aliphatic heterocycles. The normalized spacial score (nSPS) is 29.5. The highest BCUT2D eigenvalue weighted by Crippen LogP contribution is 2.43. The average Bonchev–Trinajstić information content (AvgIpc) is 2.83. The molecule has 2 rings (SSSR count). The largest absolute Gasteiger partial charge is 0.466 e. The molecule has 1 heterocycles. The molecule has 5 heteroatoms. The van der Waals surface area contributed by atoms with Crippen molar-refractivity contribution in [1.29, 1.82) is 0 Å². The minimum atomic E-state index is -0.502. The van der Waals surface area contributed by atoms with Gasteiger partial charge in [0.2, 0.25) is 0 Å². The smallest absolute Gasteiger partial charge is 0.410 e. The zero-order valence-corrected chi connectivity index (χ0v) is 12.1. The molecule has 108 valence electrons. The predicted molar refractivity (Wildman–Crippen MR) is 69.6 cm³/mol. The Morgan fingerprint density at radius 1 is 1.26 bits per heavy atom. The topological polar surface area (TPSA) is 55.8 Å². The van der Waals surface area contributed by atoms with E-state index in [0.29, 0.717) is 13.2 Å². The number of likely N-dealkylation sites (tertiary alicyclic amines) is 1. The first-order valence-electron chi connectivity index (χ1n) is 6.99. The second-order valence-corrected chi connectivity index (χ2v) is 6.32. The van der Waals surface area contributed by atoms with E-state index in [4.69, 9.17) is 9.47 Å². The van der Waals surface area contributed by atoms with Crippen LogP contribution in [0, 0.1) is 11.8 Å². The Labute approximate surface area is 114 Å². The minimum absolute atomic E-state index is 0.0427. The van der Waals surface area contributed by atoms with Crippen molar-refractivity contribution >= 4 is 12.1 Å². The quantitative estimate of drug-likeness (QED) is 0.721. The average molecular weight is 269 g/mol. The molecule has 0 radical (unpaired) electrons. The van der Waals surface area contributed by atoms with E-state index in [-0.39, 0.29) is 29.9 Å². The summed E-state index contributed by atoms with van der Waals surface area (Å²) in [5, 5.41) is 0. The summed E-state index contributed by atoms with van der Waals surface area (Å²) in [6.45, 7) is 8.36. The SMILES string of the molecule is CCOC(=O)[C@H]1[C@H]2CC[C@@H]1N(C(=O)OC(C)(C)C)C2. The summed E-state index contributed by atoms with van der Waals surface area (Å²) in [5.41, 5.74) is -0.502. The molecule has 19 heavy (non-hydrogen) atoms. The molecule has 2 fully saturated rings. The van der Waals surface area contributed by atoms with Crippen LogP contribution in [0.4, 0.5) is 4.79 Å². The van der Waals surface area contributed by atoms with Gasteiger partial charge in [0.05, 0.1) is 12.5 Å². The van der Waals surface area contributed by atoms with Crippen molar-refractivity contribution in [2.75, 3.05) is 13.2 Å². The van der Waals surface area contributed by atoms with Crippen LogP contribution in [0.1, 0.15) is 40.5 Å². The zero-order valence-electron chi connectivity index (χ0n) is 12.1. The Hall–Kier alpha value is -1.26. The van der Waals surface area contributed by atoms with Gasteiger partial charge < -0.3 is 14.4 Å². The number of rotatable bonds is 2. The predicted octanol–water partition coefficient (Wildman–Crippen LogP) is 2.20. The van der Waals surface area contributed by atoms with E-state index in [1.807, 2.05) is 20.8 Å². The first kappa shape index (κ1) is 14.2. The maximum atomic E-state index is 12.1. The monoisotopic (exact) mass is 269 g/mol. The fraction of sp³-hybridized carbons (Fsp3) is 0.857. The lowest BCUT2D eigenvalue weighted by Gasteiger charge is -2.30. The fourth-order valence-corrected chi connectivity index (χ4v) is 3.12. The van der Waals surface area contributed by atoms with Gasteiger partial charge in [0.25, 0.3) is 0 Å². The molecule has 0 aromatic rings. The molecule has 1 amide bonds. The van der Waals surface area contributed by atoms with Gasteiger partial charge in [-0.3, -0.25) is 4.79 Å². The van der Waals surface area contributed by atoms with E-state index in [9.17, 15) is 9.59 Å². The molecule has 2 bridgehead atoms. The van der Waals surface area contributed by atoms with Crippen LogP contribution in [-0.2, 0) is 14.3 Å². The maximum absolute atomic E-state index is 12.1. The van der Waals surface area contributed by atoms with Crippen LogP contribution in [0.25, 0.3) is 0 Å². The highest BCUT2D eigenvalue weighted by Gasteiger charge is 2.53. The Morgan fingerprint density at radius 3 is 2.53 bits per heavy atom. The molecule has 0 spiro atoms. The number of carbonyl (C=O) groups is 2. The molecule has 1 aliphatic carbocycles. The van der Waals surface area contributed by atoms with E-state index in [2.05, 4.69) is 0 Å². The highest BCUT2D eigenvalue weighted by molar-refractivity contribution is 5.77. The van der Waals surface area contributed by atoms with Crippen molar-refractivity contribution in [3.05, 3.63) is 0 Å². The third-order valence-corrected chi connectivity index (χ3v) is 3.77. The van der Waals surface area contributed by atoms with Gasteiger partial charge in [-0.1, -0.05) is 0 Å². The van der Waals surface area contributed by atoms with Crippen LogP contribution in [0.15, 0.2) is 0 Å². The summed E-state index contributed by atoms with van der Waals surface area (Å²) in [4.78, 5) is 25.8. The maximum Gasteiger partial charge on any atom is 0.410 e. The Balaban J connectivity index is 2.03. The lowest BCUT2D eigenvalue weighted by atomic mass is 9.99. The number of ether oxygens (including phenoxy) is 2. The summed E-state index contributed by atoms with van der Waals surface area (Å²) in [6.07, 6.45) is 1.55. The van der Waals surface area contributed by atoms with Gasteiger partial charge in [-0.25, -0.2) is 4.79 Å². The van der Waals surface area contributed by atoms with Crippen molar-refractivity contribution in [3.63, 3.8) is 0 Å². The second kappa shape index (κ2) is 5.02. The molecule has 1 saturated heterocycles. The van der Waals surface area contributed by atoms with E-state index in [0.717, 1.165) is 12.8 Å². The van der Waals surface area contributed by atoms with Crippen LogP contribution in [-0.4, -0.2) is 41.8 Å². The highest BCUT2D eigenvalue weighted by atomic mass is 16.6. The second-order valence-electron chi connectivity index (χ2n) is 6.32. The number of piperidine rings is 1.